The van der Waals surface area contributed by atoms with Crippen LogP contribution in [-0.4, -0.2) is 31.9 Å². The van der Waals surface area contributed by atoms with Gasteiger partial charge in [0.25, 0.3) is 5.91 Å². The van der Waals surface area contributed by atoms with E-state index in [1.807, 2.05) is 5.43 Å². The third kappa shape index (κ3) is 3.05. The number of halogens is 2. The Morgan fingerprint density at radius 1 is 1.30 bits per heavy atom. The van der Waals surface area contributed by atoms with Gasteiger partial charge in [-0.25, -0.2) is 17.2 Å². The van der Waals surface area contributed by atoms with Gasteiger partial charge in [-0.05, 0) is 18.6 Å². The van der Waals surface area contributed by atoms with Gasteiger partial charge in [-0.3, -0.25) is 10.6 Å². The Kier molecular flexibility index (Phi) is 3.91. The molecular formula is C11H13F2N3O3S. The first-order valence-electron chi connectivity index (χ1n) is 5.79. The van der Waals surface area contributed by atoms with Crippen LogP contribution in [0.3, 0.4) is 0 Å². The number of carbonyl (C=O) groups is 1. The Labute approximate surface area is 114 Å². The van der Waals surface area contributed by atoms with E-state index in [0.29, 0.717) is 6.42 Å². The zero-order valence-electron chi connectivity index (χ0n) is 10.3. The van der Waals surface area contributed by atoms with Gasteiger partial charge in [-0.15, -0.1) is 0 Å². The number of hydrazine groups is 1. The van der Waals surface area contributed by atoms with E-state index in [-0.39, 0.29) is 17.1 Å². The number of hydrogen-bond acceptors (Lipinski definition) is 5. The zero-order chi connectivity index (χ0) is 14.9. The van der Waals surface area contributed by atoms with Crippen LogP contribution in [0.2, 0.25) is 0 Å². The predicted octanol–water partition coefficient (Wildman–Crippen LogP) is 0.167. The molecule has 0 aromatic heterocycles. The molecule has 20 heavy (non-hydrogen) atoms. The summed E-state index contributed by atoms with van der Waals surface area (Å²) in [5.74, 6) is 2.04. The third-order valence-corrected chi connectivity index (χ3v) is 4.78. The molecule has 1 fully saturated rings. The summed E-state index contributed by atoms with van der Waals surface area (Å²) >= 11 is 0. The molecule has 1 atom stereocenters. The number of carbonyl (C=O) groups excluding carboxylic acids is 1. The minimum atomic E-state index is -3.14. The van der Waals surface area contributed by atoms with Crippen molar-refractivity contribution in [2.24, 2.45) is 5.84 Å². The second-order valence-corrected chi connectivity index (χ2v) is 6.76. The Morgan fingerprint density at radius 3 is 2.35 bits per heavy atom. The molecule has 0 bridgehead atoms. The number of anilines is 1. The maximum atomic E-state index is 13.4. The van der Waals surface area contributed by atoms with Crippen LogP contribution >= 0.6 is 0 Å². The molecule has 1 aromatic carbocycles. The SMILES string of the molecule is NNc1c(F)cc(C(=O)NC2CCS(=O)(=O)C2)cc1F. The van der Waals surface area contributed by atoms with Crippen molar-refractivity contribution in [3.05, 3.63) is 29.3 Å². The number of hydrogen-bond donors (Lipinski definition) is 3. The second kappa shape index (κ2) is 5.33. The number of nitrogens with one attached hydrogen (secondary N) is 2. The molecule has 1 heterocycles. The van der Waals surface area contributed by atoms with Crippen molar-refractivity contribution in [3.63, 3.8) is 0 Å². The first-order chi connectivity index (χ1) is 9.32. The molecule has 110 valence electrons. The summed E-state index contributed by atoms with van der Waals surface area (Å²) in [6.07, 6.45) is 0.293. The normalized spacial score (nSPS) is 20.6. The Hall–Kier alpha value is -1.74. The summed E-state index contributed by atoms with van der Waals surface area (Å²) in [7, 11) is -3.14. The quantitative estimate of drug-likeness (QED) is 0.546. The molecule has 9 heteroatoms. The third-order valence-electron chi connectivity index (χ3n) is 3.02. The zero-order valence-corrected chi connectivity index (χ0v) is 11.1. The molecule has 1 aliphatic rings. The summed E-state index contributed by atoms with van der Waals surface area (Å²) < 4.78 is 49.4. The standard InChI is InChI=1S/C11H13F2N3O3S/c12-8-3-6(4-9(13)10(8)16-14)11(17)15-7-1-2-20(18,19)5-7/h3-4,7,16H,1-2,5,14H2,(H,15,17). The molecule has 1 aromatic rings. The fourth-order valence-electron chi connectivity index (χ4n) is 2.02. The van der Waals surface area contributed by atoms with Crippen LogP contribution in [0, 0.1) is 11.6 Å². The van der Waals surface area contributed by atoms with E-state index in [1.54, 1.807) is 0 Å². The molecule has 1 amide bonds. The monoisotopic (exact) mass is 305 g/mol. The van der Waals surface area contributed by atoms with Gasteiger partial charge in [0.2, 0.25) is 0 Å². The van der Waals surface area contributed by atoms with Gasteiger partial charge in [0, 0.05) is 11.6 Å². The topological polar surface area (TPSA) is 101 Å². The molecule has 0 aliphatic carbocycles. The Bertz CT molecular complexity index is 625. The van der Waals surface area contributed by atoms with Crippen molar-refractivity contribution < 1.29 is 22.0 Å². The summed E-state index contributed by atoms with van der Waals surface area (Å²) in [5, 5.41) is 2.44. The summed E-state index contributed by atoms with van der Waals surface area (Å²) in [4.78, 5) is 11.8. The van der Waals surface area contributed by atoms with Crippen molar-refractivity contribution in [2.75, 3.05) is 16.9 Å². The first kappa shape index (κ1) is 14.7. The van der Waals surface area contributed by atoms with E-state index in [9.17, 15) is 22.0 Å². The lowest BCUT2D eigenvalue weighted by atomic mass is 10.1. The number of nitrogens with two attached hydrogens (primary N) is 1. The van der Waals surface area contributed by atoms with Gasteiger partial charge >= 0.3 is 0 Å². The number of benzene rings is 1. The molecule has 0 spiro atoms. The maximum absolute atomic E-state index is 13.4. The fraction of sp³-hybridized carbons (Fsp3) is 0.364. The van der Waals surface area contributed by atoms with Crippen LogP contribution in [0.25, 0.3) is 0 Å². The molecule has 1 saturated heterocycles. The second-order valence-electron chi connectivity index (χ2n) is 4.53. The van der Waals surface area contributed by atoms with E-state index in [1.165, 1.54) is 0 Å². The minimum absolute atomic E-state index is 0.00327. The van der Waals surface area contributed by atoms with Crippen molar-refractivity contribution in [2.45, 2.75) is 12.5 Å². The van der Waals surface area contributed by atoms with Gasteiger partial charge in [-0.1, -0.05) is 0 Å². The number of nitrogen functional groups attached to an aromatic ring is 1. The van der Waals surface area contributed by atoms with E-state index < -0.39 is 39.1 Å². The number of sulfone groups is 1. The lowest BCUT2D eigenvalue weighted by Gasteiger charge is -2.12. The van der Waals surface area contributed by atoms with Gasteiger partial charge in [0.1, 0.15) is 5.69 Å². The van der Waals surface area contributed by atoms with Crippen LogP contribution in [0.4, 0.5) is 14.5 Å². The molecule has 0 saturated carbocycles. The molecular weight excluding hydrogens is 292 g/mol. The molecule has 0 radical (unpaired) electrons. The van der Waals surface area contributed by atoms with Gasteiger partial charge in [-0.2, -0.15) is 0 Å². The summed E-state index contributed by atoms with van der Waals surface area (Å²) in [6, 6.07) is 1.12. The van der Waals surface area contributed by atoms with Gasteiger partial charge in [0.05, 0.1) is 11.5 Å². The maximum Gasteiger partial charge on any atom is 0.251 e. The van der Waals surface area contributed by atoms with Crippen LogP contribution < -0.4 is 16.6 Å². The van der Waals surface area contributed by atoms with Crippen LogP contribution in [-0.2, 0) is 9.84 Å². The minimum Gasteiger partial charge on any atom is -0.348 e. The van der Waals surface area contributed by atoms with Crippen molar-refractivity contribution in [1.29, 1.82) is 0 Å². The van der Waals surface area contributed by atoms with Crippen molar-refractivity contribution in [1.82, 2.24) is 5.32 Å². The van der Waals surface area contributed by atoms with Crippen molar-refractivity contribution >= 4 is 21.4 Å². The van der Waals surface area contributed by atoms with E-state index in [4.69, 9.17) is 5.84 Å². The molecule has 1 unspecified atom stereocenters. The number of rotatable bonds is 3. The van der Waals surface area contributed by atoms with E-state index >= 15 is 0 Å². The molecule has 6 nitrogen and oxygen atoms in total. The number of amides is 1. The van der Waals surface area contributed by atoms with Crippen LogP contribution in [0.5, 0.6) is 0 Å². The lowest BCUT2D eigenvalue weighted by Crippen LogP contribution is -2.35. The first-order valence-corrected chi connectivity index (χ1v) is 7.61. The molecule has 1 aliphatic heterocycles. The Morgan fingerprint density at radius 2 is 1.90 bits per heavy atom. The van der Waals surface area contributed by atoms with Gasteiger partial charge in [0.15, 0.2) is 21.5 Å². The van der Waals surface area contributed by atoms with E-state index in [2.05, 4.69) is 5.32 Å². The lowest BCUT2D eigenvalue weighted by molar-refractivity contribution is 0.0940. The summed E-state index contributed by atoms with van der Waals surface area (Å²) in [5.41, 5.74) is 1.08. The Balaban J connectivity index is 2.14. The molecule has 2 rings (SSSR count). The van der Waals surface area contributed by atoms with Crippen LogP contribution in [0.1, 0.15) is 16.8 Å². The largest absolute Gasteiger partial charge is 0.348 e. The van der Waals surface area contributed by atoms with Gasteiger partial charge < -0.3 is 10.7 Å². The smallest absolute Gasteiger partial charge is 0.251 e. The van der Waals surface area contributed by atoms with Crippen molar-refractivity contribution in [3.8, 4) is 0 Å². The average Bonchev–Trinajstić information content (AvgIpc) is 2.68. The van der Waals surface area contributed by atoms with E-state index in [0.717, 1.165) is 12.1 Å². The average molecular weight is 305 g/mol. The predicted molar refractivity (Wildman–Crippen MR) is 68.7 cm³/mol. The molecule has 4 N–H and O–H groups in total. The van der Waals surface area contributed by atoms with Crippen LogP contribution in [0.15, 0.2) is 12.1 Å². The fourth-order valence-corrected chi connectivity index (χ4v) is 3.69. The highest BCUT2D eigenvalue weighted by molar-refractivity contribution is 7.91. The highest BCUT2D eigenvalue weighted by Gasteiger charge is 2.29. The highest BCUT2D eigenvalue weighted by atomic mass is 32.2. The highest BCUT2D eigenvalue weighted by Crippen LogP contribution is 2.20. The summed E-state index contributed by atoms with van der Waals surface area (Å²) in [6.45, 7) is 0.